The Hall–Kier alpha value is -3.22. The first kappa shape index (κ1) is 22.0. The number of rotatable bonds is 8. The number of hydrogen-bond donors (Lipinski definition) is 1. The quantitative estimate of drug-likeness (QED) is 0.361. The molecule has 0 aliphatic carbocycles. The molecule has 0 atom stereocenters. The molecule has 1 N–H and O–H groups in total. The molecule has 164 valence electrons. The lowest BCUT2D eigenvalue weighted by Gasteiger charge is -2.17. The van der Waals surface area contributed by atoms with Gasteiger partial charge in [-0.1, -0.05) is 23.7 Å². The van der Waals surface area contributed by atoms with Crippen LogP contribution in [0.15, 0.2) is 73.1 Å². The third kappa shape index (κ3) is 4.98. The van der Waals surface area contributed by atoms with Crippen molar-refractivity contribution in [1.29, 1.82) is 0 Å². The first-order valence-corrected chi connectivity index (χ1v) is 11.3. The van der Waals surface area contributed by atoms with Crippen LogP contribution in [-0.4, -0.2) is 24.7 Å². The molecule has 4 aromatic rings. The minimum absolute atomic E-state index is 0.136. The van der Waals surface area contributed by atoms with Gasteiger partial charge < -0.3 is 19.4 Å². The van der Waals surface area contributed by atoms with Crippen molar-refractivity contribution in [2.45, 2.75) is 13.0 Å². The maximum atomic E-state index is 13.2. The minimum atomic E-state index is -0.136. The number of carbonyl (C=O) groups is 1. The van der Waals surface area contributed by atoms with Gasteiger partial charge in [0.25, 0.3) is 5.91 Å². The van der Waals surface area contributed by atoms with E-state index in [0.29, 0.717) is 22.9 Å². The predicted molar refractivity (Wildman–Crippen MR) is 129 cm³/mol. The molecular formula is C25H23ClN2O3S. The molecule has 1 amide bonds. The first-order chi connectivity index (χ1) is 15.6. The number of benzene rings is 2. The van der Waals surface area contributed by atoms with Crippen molar-refractivity contribution in [3.8, 4) is 17.2 Å². The number of halogens is 1. The maximum absolute atomic E-state index is 13.2. The largest absolute Gasteiger partial charge is 0.497 e. The molecule has 0 saturated heterocycles. The van der Waals surface area contributed by atoms with Gasteiger partial charge in [0.2, 0.25) is 0 Å². The fourth-order valence-corrected chi connectivity index (χ4v) is 4.63. The van der Waals surface area contributed by atoms with E-state index in [1.165, 1.54) is 11.3 Å². The van der Waals surface area contributed by atoms with Crippen LogP contribution in [0.2, 0.25) is 4.34 Å². The number of nitrogens with zero attached hydrogens (tertiary/aromatic N) is 1. The van der Waals surface area contributed by atoms with Crippen molar-refractivity contribution in [2.24, 2.45) is 0 Å². The number of ether oxygens (including phenoxy) is 2. The Morgan fingerprint density at radius 2 is 1.72 bits per heavy atom. The van der Waals surface area contributed by atoms with Gasteiger partial charge in [0.15, 0.2) is 0 Å². The molecule has 7 heteroatoms. The summed E-state index contributed by atoms with van der Waals surface area (Å²) in [5.41, 5.74) is 3.50. The van der Waals surface area contributed by atoms with Crippen molar-refractivity contribution >= 4 is 28.8 Å². The number of carbonyl (C=O) groups excluding carboxylic acids is 1. The fourth-order valence-electron chi connectivity index (χ4n) is 3.60. The standard InChI is InChI=1S/C25H23ClN2O3S/c1-30-19-13-17(14-20(15-19)31-2)12-18-6-5-7-22(24(18)28-10-3-4-11-28)25(29)27-16-21-8-9-23(26)32-21/h3-11,13-15H,12,16H2,1-2H3,(H,27,29). The molecule has 2 heterocycles. The molecule has 4 rings (SSSR count). The van der Waals surface area contributed by atoms with Crippen LogP contribution in [0.4, 0.5) is 0 Å². The number of methoxy groups -OCH3 is 2. The first-order valence-electron chi connectivity index (χ1n) is 10.1. The molecule has 0 saturated carbocycles. The lowest BCUT2D eigenvalue weighted by atomic mass is 9.99. The molecule has 0 bridgehead atoms. The zero-order chi connectivity index (χ0) is 22.5. The molecule has 0 spiro atoms. The topological polar surface area (TPSA) is 52.5 Å². The summed E-state index contributed by atoms with van der Waals surface area (Å²) >= 11 is 7.47. The molecular weight excluding hydrogens is 444 g/mol. The van der Waals surface area contributed by atoms with E-state index in [2.05, 4.69) is 5.32 Å². The number of hydrogen-bond acceptors (Lipinski definition) is 4. The average molecular weight is 467 g/mol. The third-order valence-corrected chi connectivity index (χ3v) is 6.32. The smallest absolute Gasteiger partial charge is 0.253 e. The Morgan fingerprint density at radius 1 is 1.00 bits per heavy atom. The monoisotopic (exact) mass is 466 g/mol. The van der Waals surface area contributed by atoms with Crippen LogP contribution in [0.5, 0.6) is 11.5 Å². The highest BCUT2D eigenvalue weighted by Crippen LogP contribution is 2.28. The van der Waals surface area contributed by atoms with Crippen molar-refractivity contribution in [1.82, 2.24) is 9.88 Å². The molecule has 2 aromatic carbocycles. The Kier molecular flexibility index (Phi) is 6.83. The molecule has 2 aromatic heterocycles. The van der Waals surface area contributed by atoms with E-state index in [-0.39, 0.29) is 5.91 Å². The number of thiophene rings is 1. The summed E-state index contributed by atoms with van der Waals surface area (Å²) in [4.78, 5) is 14.2. The van der Waals surface area contributed by atoms with E-state index in [1.54, 1.807) is 14.2 Å². The van der Waals surface area contributed by atoms with E-state index in [1.807, 2.05) is 77.6 Å². The zero-order valence-corrected chi connectivity index (χ0v) is 19.4. The van der Waals surface area contributed by atoms with E-state index in [0.717, 1.165) is 33.2 Å². The van der Waals surface area contributed by atoms with Crippen LogP contribution >= 0.6 is 22.9 Å². The van der Waals surface area contributed by atoms with Gasteiger partial charge in [-0.05, 0) is 60.0 Å². The number of para-hydroxylation sites is 1. The van der Waals surface area contributed by atoms with Crippen LogP contribution in [-0.2, 0) is 13.0 Å². The van der Waals surface area contributed by atoms with E-state index < -0.39 is 0 Å². The second-order valence-electron chi connectivity index (χ2n) is 7.19. The molecule has 0 aliphatic heterocycles. The molecule has 5 nitrogen and oxygen atoms in total. The van der Waals surface area contributed by atoms with Gasteiger partial charge in [0, 0.05) is 23.3 Å². The van der Waals surface area contributed by atoms with Crippen LogP contribution in [0, 0.1) is 0 Å². The van der Waals surface area contributed by atoms with Crippen molar-refractivity contribution in [3.63, 3.8) is 0 Å². The molecule has 0 radical (unpaired) electrons. The van der Waals surface area contributed by atoms with Crippen LogP contribution in [0.3, 0.4) is 0 Å². The van der Waals surface area contributed by atoms with Gasteiger partial charge in [-0.25, -0.2) is 0 Å². The Morgan fingerprint density at radius 3 is 2.34 bits per heavy atom. The number of aromatic nitrogens is 1. The lowest BCUT2D eigenvalue weighted by Crippen LogP contribution is -2.24. The van der Waals surface area contributed by atoms with E-state index >= 15 is 0 Å². The molecule has 0 aliphatic rings. The predicted octanol–water partition coefficient (Wildman–Crippen LogP) is 5.73. The van der Waals surface area contributed by atoms with Crippen molar-refractivity contribution in [3.05, 3.63) is 99.0 Å². The van der Waals surface area contributed by atoms with Crippen molar-refractivity contribution in [2.75, 3.05) is 14.2 Å². The second-order valence-corrected chi connectivity index (χ2v) is 8.99. The molecule has 0 fully saturated rings. The van der Waals surface area contributed by atoms with Gasteiger partial charge in [-0.2, -0.15) is 0 Å². The minimum Gasteiger partial charge on any atom is -0.497 e. The zero-order valence-electron chi connectivity index (χ0n) is 17.8. The lowest BCUT2D eigenvalue weighted by molar-refractivity contribution is 0.0951. The van der Waals surface area contributed by atoms with Crippen LogP contribution < -0.4 is 14.8 Å². The number of nitrogens with one attached hydrogen (secondary N) is 1. The van der Waals surface area contributed by atoms with E-state index in [9.17, 15) is 4.79 Å². The Bertz CT molecular complexity index is 1200. The van der Waals surface area contributed by atoms with Crippen LogP contribution in [0.25, 0.3) is 5.69 Å². The van der Waals surface area contributed by atoms with Crippen molar-refractivity contribution < 1.29 is 14.3 Å². The summed E-state index contributed by atoms with van der Waals surface area (Å²) in [7, 11) is 3.27. The Labute approximate surface area is 196 Å². The van der Waals surface area contributed by atoms with Crippen LogP contribution in [0.1, 0.15) is 26.4 Å². The average Bonchev–Trinajstić information content (AvgIpc) is 3.49. The highest BCUT2D eigenvalue weighted by atomic mass is 35.5. The SMILES string of the molecule is COc1cc(Cc2cccc(C(=O)NCc3ccc(Cl)s3)c2-n2cccc2)cc(OC)c1. The summed E-state index contributed by atoms with van der Waals surface area (Å²) < 4.78 is 13.5. The maximum Gasteiger partial charge on any atom is 0.253 e. The van der Waals surface area contributed by atoms with Gasteiger partial charge in [0.05, 0.1) is 36.4 Å². The summed E-state index contributed by atoms with van der Waals surface area (Å²) in [5, 5.41) is 3.02. The highest BCUT2D eigenvalue weighted by Gasteiger charge is 2.17. The summed E-state index contributed by atoms with van der Waals surface area (Å²) in [5.74, 6) is 1.32. The second kappa shape index (κ2) is 9.94. The summed E-state index contributed by atoms with van der Waals surface area (Å²) in [6.45, 7) is 0.429. The summed E-state index contributed by atoms with van der Waals surface area (Å²) in [6.07, 6.45) is 4.50. The molecule has 0 unspecified atom stereocenters. The number of amides is 1. The molecule has 32 heavy (non-hydrogen) atoms. The normalized spacial score (nSPS) is 10.7. The third-order valence-electron chi connectivity index (χ3n) is 5.08. The summed E-state index contributed by atoms with van der Waals surface area (Å²) in [6, 6.07) is 19.3. The fraction of sp³-hybridized carbons (Fsp3) is 0.160. The van der Waals surface area contributed by atoms with Gasteiger partial charge >= 0.3 is 0 Å². The van der Waals surface area contributed by atoms with Gasteiger partial charge in [-0.15, -0.1) is 11.3 Å². The highest BCUT2D eigenvalue weighted by molar-refractivity contribution is 7.16. The Balaban J connectivity index is 1.68. The van der Waals surface area contributed by atoms with Gasteiger partial charge in [0.1, 0.15) is 11.5 Å². The van der Waals surface area contributed by atoms with Gasteiger partial charge in [-0.3, -0.25) is 4.79 Å². The van der Waals surface area contributed by atoms with E-state index in [4.69, 9.17) is 21.1 Å².